The van der Waals surface area contributed by atoms with Crippen LogP contribution in [-0.2, 0) is 5.41 Å². The van der Waals surface area contributed by atoms with Crippen molar-refractivity contribution in [1.82, 2.24) is 0 Å². The molecule has 1 aromatic heterocycles. The predicted molar refractivity (Wildman–Crippen MR) is 153 cm³/mol. The molecule has 2 heteroatoms. The third kappa shape index (κ3) is 3.25. The molecule has 6 rings (SSSR count). The first-order valence-electron chi connectivity index (χ1n) is 12.3. The maximum atomic E-state index is 6.08. The molecular weight excluding hydrogens is 438 g/mol. The summed E-state index contributed by atoms with van der Waals surface area (Å²) in [5.41, 5.74) is 11.1. The molecule has 0 spiro atoms. The number of para-hydroxylation sites is 1. The van der Waals surface area contributed by atoms with Gasteiger partial charge in [-0.15, -0.1) is 0 Å². The summed E-state index contributed by atoms with van der Waals surface area (Å²) < 4.78 is 6.08. The van der Waals surface area contributed by atoms with Crippen molar-refractivity contribution < 1.29 is 4.42 Å². The third-order valence-corrected chi connectivity index (χ3v) is 7.60. The zero-order valence-corrected chi connectivity index (χ0v) is 21.0. The van der Waals surface area contributed by atoms with E-state index in [4.69, 9.17) is 4.42 Å². The molecule has 0 amide bonds. The summed E-state index contributed by atoms with van der Waals surface area (Å²) in [6.07, 6.45) is 4.13. The molecule has 0 saturated heterocycles. The number of rotatable bonds is 5. The van der Waals surface area contributed by atoms with Gasteiger partial charge >= 0.3 is 0 Å². The minimum atomic E-state index is -0.0260. The van der Waals surface area contributed by atoms with Crippen LogP contribution in [0.15, 0.2) is 120 Å². The van der Waals surface area contributed by atoms with Crippen LogP contribution in [0.1, 0.15) is 30.5 Å². The molecule has 0 N–H and O–H groups in total. The minimum absolute atomic E-state index is 0.0260. The van der Waals surface area contributed by atoms with Crippen molar-refractivity contribution in [1.29, 1.82) is 0 Å². The van der Waals surface area contributed by atoms with Crippen LogP contribution in [0.2, 0.25) is 0 Å². The van der Waals surface area contributed by atoms with E-state index in [9.17, 15) is 0 Å². The number of hydrogen-bond acceptors (Lipinski definition) is 2. The minimum Gasteiger partial charge on any atom is -0.456 e. The van der Waals surface area contributed by atoms with Crippen LogP contribution in [0, 0.1) is 0 Å². The van der Waals surface area contributed by atoms with Crippen molar-refractivity contribution in [2.45, 2.75) is 19.3 Å². The lowest BCUT2D eigenvalue weighted by Gasteiger charge is -2.22. The highest BCUT2D eigenvalue weighted by Gasteiger charge is 2.36. The van der Waals surface area contributed by atoms with Gasteiger partial charge in [0.25, 0.3) is 0 Å². The molecule has 4 aromatic carbocycles. The summed E-state index contributed by atoms with van der Waals surface area (Å²) in [6.45, 7) is 13.4. The fourth-order valence-electron chi connectivity index (χ4n) is 5.61. The lowest BCUT2D eigenvalue weighted by Crippen LogP contribution is -2.14. The van der Waals surface area contributed by atoms with Crippen LogP contribution in [-0.4, -0.2) is 7.05 Å². The molecule has 5 aromatic rings. The third-order valence-electron chi connectivity index (χ3n) is 7.60. The second kappa shape index (κ2) is 8.13. The fraction of sp³-hybridized carbons (Fsp3) is 0.118. The number of hydrogen-bond donors (Lipinski definition) is 0. The Morgan fingerprint density at radius 2 is 1.47 bits per heavy atom. The summed E-state index contributed by atoms with van der Waals surface area (Å²) in [7, 11) is 2.05. The van der Waals surface area contributed by atoms with Gasteiger partial charge in [-0.2, -0.15) is 0 Å². The van der Waals surface area contributed by atoms with Crippen molar-refractivity contribution in [2.24, 2.45) is 0 Å². The number of likely N-dealkylation sites (N-methyl/N-ethyl adjacent to an activating group) is 1. The van der Waals surface area contributed by atoms with E-state index >= 15 is 0 Å². The average molecular weight is 468 g/mol. The monoisotopic (exact) mass is 467 g/mol. The summed E-state index contributed by atoms with van der Waals surface area (Å²) in [6, 6.07) is 29.6. The van der Waals surface area contributed by atoms with Gasteiger partial charge < -0.3 is 9.32 Å². The Hall–Kier alpha value is -4.30. The predicted octanol–water partition coefficient (Wildman–Crippen LogP) is 9.11. The molecule has 1 heterocycles. The zero-order valence-electron chi connectivity index (χ0n) is 21.0. The molecule has 0 radical (unpaired) electrons. The van der Waals surface area contributed by atoms with Crippen molar-refractivity contribution in [3.05, 3.63) is 133 Å². The molecular formula is C34H29NO. The van der Waals surface area contributed by atoms with Gasteiger partial charge in [0.15, 0.2) is 0 Å². The zero-order chi connectivity index (χ0) is 25.0. The van der Waals surface area contributed by atoms with Gasteiger partial charge in [-0.25, -0.2) is 0 Å². The summed E-state index contributed by atoms with van der Waals surface area (Å²) in [5, 5.41) is 2.21. The van der Waals surface area contributed by atoms with Crippen molar-refractivity contribution >= 4 is 33.2 Å². The van der Waals surface area contributed by atoms with Crippen molar-refractivity contribution in [2.75, 3.05) is 11.9 Å². The van der Waals surface area contributed by atoms with Crippen molar-refractivity contribution in [3.63, 3.8) is 0 Å². The van der Waals surface area contributed by atoms with E-state index in [2.05, 4.69) is 98.7 Å². The maximum absolute atomic E-state index is 6.08. The van der Waals surface area contributed by atoms with Crippen LogP contribution < -0.4 is 4.90 Å². The largest absolute Gasteiger partial charge is 0.456 e. The van der Waals surface area contributed by atoms with Gasteiger partial charge in [0.05, 0.1) is 11.1 Å². The first kappa shape index (κ1) is 22.2. The molecule has 2 nitrogen and oxygen atoms in total. The molecule has 0 fully saturated rings. The van der Waals surface area contributed by atoms with Crippen LogP contribution in [0.25, 0.3) is 38.6 Å². The van der Waals surface area contributed by atoms with Crippen molar-refractivity contribution in [3.8, 4) is 11.1 Å². The smallest absolute Gasteiger partial charge is 0.137 e. The highest BCUT2D eigenvalue weighted by Crippen LogP contribution is 2.50. The SMILES string of the molecule is C=C(/C=C\C(=C)N(C)c1cccc2oc3ccccc3c12)c1cccc2c1-c1ccccc1C2(C)C. The molecule has 1 aliphatic carbocycles. The van der Waals surface area contributed by atoms with E-state index in [1.165, 1.54) is 27.8 Å². The Morgan fingerprint density at radius 1 is 0.778 bits per heavy atom. The Kier molecular flexibility index (Phi) is 5.01. The van der Waals surface area contributed by atoms with Crippen LogP contribution in [0.4, 0.5) is 5.69 Å². The Balaban J connectivity index is 1.34. The number of nitrogens with zero attached hydrogens (tertiary/aromatic N) is 1. The van der Waals surface area contributed by atoms with E-state index in [1.54, 1.807) is 0 Å². The Labute approximate surface area is 212 Å². The highest BCUT2D eigenvalue weighted by atomic mass is 16.3. The van der Waals surface area contributed by atoms with E-state index in [0.717, 1.165) is 38.9 Å². The standard InChI is InChI=1S/C34H29NO/c1-22(24-14-10-16-28-32(24)25-12-6-8-15-27(25)34(28,3)4)20-21-23(2)35(5)29-17-11-19-31-33(29)26-13-7-9-18-30(26)36-31/h6-21H,1-2H2,3-5H3/b21-20-. The Morgan fingerprint density at radius 3 is 2.33 bits per heavy atom. The molecule has 0 atom stereocenters. The van der Waals surface area contributed by atoms with Gasteiger partial charge in [0.2, 0.25) is 0 Å². The molecule has 0 unspecified atom stereocenters. The first-order valence-corrected chi connectivity index (χ1v) is 12.3. The number of anilines is 1. The van der Waals surface area contributed by atoms with E-state index in [0.29, 0.717) is 0 Å². The second-order valence-electron chi connectivity index (χ2n) is 10.1. The summed E-state index contributed by atoms with van der Waals surface area (Å²) in [4.78, 5) is 2.11. The molecule has 0 saturated carbocycles. The number of furan rings is 1. The lowest BCUT2D eigenvalue weighted by atomic mass is 9.82. The molecule has 176 valence electrons. The number of fused-ring (bicyclic) bond motifs is 6. The highest BCUT2D eigenvalue weighted by molar-refractivity contribution is 6.11. The summed E-state index contributed by atoms with van der Waals surface area (Å²) >= 11 is 0. The molecule has 1 aliphatic rings. The quantitative estimate of drug-likeness (QED) is 0.240. The van der Waals surface area contributed by atoms with Gasteiger partial charge in [0, 0.05) is 23.5 Å². The lowest BCUT2D eigenvalue weighted by molar-refractivity contribution is 0.660. The molecule has 0 bridgehead atoms. The van der Waals surface area contributed by atoms with Crippen LogP contribution in [0.5, 0.6) is 0 Å². The van der Waals surface area contributed by atoms with Gasteiger partial charge in [-0.3, -0.25) is 0 Å². The van der Waals surface area contributed by atoms with E-state index in [1.807, 2.05) is 37.4 Å². The normalized spacial score (nSPS) is 13.8. The van der Waals surface area contributed by atoms with Gasteiger partial charge in [0.1, 0.15) is 11.2 Å². The average Bonchev–Trinajstić information content (AvgIpc) is 3.39. The fourth-order valence-corrected chi connectivity index (χ4v) is 5.61. The number of benzene rings is 4. The van der Waals surface area contributed by atoms with Gasteiger partial charge in [-0.1, -0.05) is 99.8 Å². The Bertz CT molecular complexity index is 1710. The first-order chi connectivity index (χ1) is 17.4. The van der Waals surface area contributed by atoms with Gasteiger partial charge in [-0.05, 0) is 57.7 Å². The maximum Gasteiger partial charge on any atom is 0.137 e. The summed E-state index contributed by atoms with van der Waals surface area (Å²) in [5.74, 6) is 0. The molecule has 0 aliphatic heterocycles. The molecule has 36 heavy (non-hydrogen) atoms. The second-order valence-corrected chi connectivity index (χ2v) is 10.1. The van der Waals surface area contributed by atoms with Crippen LogP contribution >= 0.6 is 0 Å². The number of allylic oxidation sites excluding steroid dienone is 3. The topological polar surface area (TPSA) is 16.4 Å². The van der Waals surface area contributed by atoms with E-state index in [-0.39, 0.29) is 5.41 Å². The van der Waals surface area contributed by atoms with E-state index < -0.39 is 0 Å². The van der Waals surface area contributed by atoms with Crippen LogP contribution in [0.3, 0.4) is 0 Å².